The molecule has 1 aromatic heterocycles. The molecule has 0 amide bonds. The highest BCUT2D eigenvalue weighted by Crippen LogP contribution is 2.32. The molecule has 0 radical (unpaired) electrons. The Hall–Kier alpha value is -1.07. The SMILES string of the molecule is CC1CC(C(=O)O)CCN1c1cc(Cl)nnc1Cl. The third kappa shape index (κ3) is 2.67. The van der Waals surface area contributed by atoms with E-state index < -0.39 is 5.97 Å². The van der Waals surface area contributed by atoms with Crippen molar-refractivity contribution in [1.82, 2.24) is 10.2 Å². The number of halogens is 2. The topological polar surface area (TPSA) is 66.3 Å². The molecule has 1 N–H and O–H groups in total. The molecule has 0 bridgehead atoms. The highest BCUT2D eigenvalue weighted by Gasteiger charge is 2.31. The second-order valence-corrected chi connectivity index (χ2v) is 5.19. The van der Waals surface area contributed by atoms with Crippen molar-refractivity contribution in [2.24, 2.45) is 5.92 Å². The lowest BCUT2D eigenvalue weighted by atomic mass is 9.91. The van der Waals surface area contributed by atoms with Crippen molar-refractivity contribution >= 4 is 34.9 Å². The average Bonchev–Trinajstić information content (AvgIpc) is 2.32. The first-order valence-electron chi connectivity index (χ1n) is 5.67. The Morgan fingerprint density at radius 2 is 2.22 bits per heavy atom. The van der Waals surface area contributed by atoms with E-state index in [1.165, 1.54) is 0 Å². The zero-order chi connectivity index (χ0) is 13.3. The first kappa shape index (κ1) is 13.4. The lowest BCUT2D eigenvalue weighted by Gasteiger charge is -2.38. The van der Waals surface area contributed by atoms with E-state index in [4.69, 9.17) is 28.3 Å². The van der Waals surface area contributed by atoms with Crippen LogP contribution in [0.5, 0.6) is 0 Å². The molecule has 0 aromatic carbocycles. The van der Waals surface area contributed by atoms with Crippen LogP contribution in [0, 0.1) is 5.92 Å². The van der Waals surface area contributed by atoms with Crippen molar-refractivity contribution in [2.75, 3.05) is 11.4 Å². The molecule has 0 spiro atoms. The summed E-state index contributed by atoms with van der Waals surface area (Å²) in [6.45, 7) is 2.60. The molecule has 18 heavy (non-hydrogen) atoms. The van der Waals surface area contributed by atoms with Gasteiger partial charge in [-0.2, -0.15) is 0 Å². The molecule has 2 unspecified atom stereocenters. The van der Waals surface area contributed by atoms with E-state index in [0.29, 0.717) is 30.2 Å². The minimum atomic E-state index is -0.738. The largest absolute Gasteiger partial charge is 0.481 e. The lowest BCUT2D eigenvalue weighted by molar-refractivity contribution is -0.142. The van der Waals surface area contributed by atoms with Crippen LogP contribution in [0.15, 0.2) is 6.07 Å². The zero-order valence-electron chi connectivity index (χ0n) is 9.81. The quantitative estimate of drug-likeness (QED) is 0.906. The predicted molar refractivity (Wildman–Crippen MR) is 69.2 cm³/mol. The molecule has 1 aliphatic rings. The van der Waals surface area contributed by atoms with Gasteiger partial charge in [0, 0.05) is 18.7 Å². The van der Waals surface area contributed by atoms with Crippen molar-refractivity contribution in [3.8, 4) is 0 Å². The van der Waals surface area contributed by atoms with E-state index in [9.17, 15) is 4.79 Å². The number of rotatable bonds is 2. The number of carboxylic acid groups (broad SMARTS) is 1. The number of carbonyl (C=O) groups is 1. The average molecular weight is 290 g/mol. The molecule has 0 aliphatic carbocycles. The summed E-state index contributed by atoms with van der Waals surface area (Å²) >= 11 is 11.8. The van der Waals surface area contributed by atoms with Crippen LogP contribution >= 0.6 is 23.2 Å². The summed E-state index contributed by atoms with van der Waals surface area (Å²) < 4.78 is 0. The van der Waals surface area contributed by atoms with Gasteiger partial charge < -0.3 is 10.0 Å². The molecule has 7 heteroatoms. The molecular formula is C11H13Cl2N3O2. The Bertz CT molecular complexity index is 470. The fourth-order valence-corrected chi connectivity index (χ4v) is 2.64. The van der Waals surface area contributed by atoms with Gasteiger partial charge in [0.05, 0.1) is 11.6 Å². The number of carboxylic acids is 1. The van der Waals surface area contributed by atoms with E-state index in [1.807, 2.05) is 11.8 Å². The van der Waals surface area contributed by atoms with E-state index in [2.05, 4.69) is 10.2 Å². The van der Waals surface area contributed by atoms with E-state index in [-0.39, 0.29) is 17.1 Å². The number of anilines is 1. The highest BCUT2D eigenvalue weighted by atomic mass is 35.5. The van der Waals surface area contributed by atoms with Crippen LogP contribution in [0.25, 0.3) is 0 Å². The third-order valence-corrected chi connectivity index (χ3v) is 3.69. The third-order valence-electron chi connectivity index (χ3n) is 3.24. The second-order valence-electron chi connectivity index (χ2n) is 4.45. The monoisotopic (exact) mass is 289 g/mol. The first-order valence-corrected chi connectivity index (χ1v) is 6.42. The van der Waals surface area contributed by atoms with E-state index in [0.717, 1.165) is 0 Å². The molecule has 5 nitrogen and oxygen atoms in total. The minimum Gasteiger partial charge on any atom is -0.481 e. The summed E-state index contributed by atoms with van der Waals surface area (Å²) in [6, 6.07) is 1.74. The Kier molecular flexibility index (Phi) is 3.92. The minimum absolute atomic E-state index is 0.0811. The van der Waals surface area contributed by atoms with Crippen LogP contribution in [-0.4, -0.2) is 33.9 Å². The van der Waals surface area contributed by atoms with Gasteiger partial charge in [0.25, 0.3) is 0 Å². The van der Waals surface area contributed by atoms with Crippen LogP contribution < -0.4 is 4.90 Å². The second kappa shape index (κ2) is 5.28. The fraction of sp³-hybridized carbons (Fsp3) is 0.545. The molecule has 2 atom stereocenters. The molecule has 1 aromatic rings. The number of hydrogen-bond donors (Lipinski definition) is 1. The van der Waals surface area contributed by atoms with Crippen LogP contribution in [0.2, 0.25) is 10.3 Å². The number of aliphatic carboxylic acids is 1. The van der Waals surface area contributed by atoms with Crippen LogP contribution in [-0.2, 0) is 4.79 Å². The summed E-state index contributed by atoms with van der Waals surface area (Å²) in [5.74, 6) is -1.03. The molecule has 1 aliphatic heterocycles. The Labute approximate surface area is 115 Å². The first-order chi connectivity index (χ1) is 8.49. The maximum Gasteiger partial charge on any atom is 0.306 e. The maximum absolute atomic E-state index is 11.0. The number of aromatic nitrogens is 2. The van der Waals surface area contributed by atoms with Gasteiger partial charge in [-0.3, -0.25) is 4.79 Å². The number of piperidine rings is 1. The summed E-state index contributed by atoms with van der Waals surface area (Å²) in [4.78, 5) is 13.0. The van der Waals surface area contributed by atoms with Crippen molar-refractivity contribution in [3.05, 3.63) is 16.4 Å². The lowest BCUT2D eigenvalue weighted by Crippen LogP contribution is -2.43. The molecule has 1 fully saturated rings. The zero-order valence-corrected chi connectivity index (χ0v) is 11.3. The van der Waals surface area contributed by atoms with E-state index in [1.54, 1.807) is 6.07 Å². The molecular weight excluding hydrogens is 277 g/mol. The van der Waals surface area contributed by atoms with Crippen molar-refractivity contribution in [3.63, 3.8) is 0 Å². The molecule has 1 saturated heterocycles. The molecule has 0 saturated carbocycles. The van der Waals surface area contributed by atoms with Gasteiger partial charge in [-0.1, -0.05) is 23.2 Å². The van der Waals surface area contributed by atoms with Gasteiger partial charge in [0.2, 0.25) is 0 Å². The highest BCUT2D eigenvalue weighted by molar-refractivity contribution is 6.33. The number of nitrogens with zero attached hydrogens (tertiary/aromatic N) is 3. The van der Waals surface area contributed by atoms with Crippen LogP contribution in [0.3, 0.4) is 0 Å². The van der Waals surface area contributed by atoms with Gasteiger partial charge in [0.15, 0.2) is 10.3 Å². The molecule has 98 valence electrons. The summed E-state index contributed by atoms with van der Waals surface area (Å²) in [5, 5.41) is 17.0. The van der Waals surface area contributed by atoms with Gasteiger partial charge in [0.1, 0.15) is 0 Å². The van der Waals surface area contributed by atoms with Crippen LogP contribution in [0.4, 0.5) is 5.69 Å². The van der Waals surface area contributed by atoms with E-state index >= 15 is 0 Å². The molecule has 2 heterocycles. The van der Waals surface area contributed by atoms with Crippen molar-refractivity contribution in [2.45, 2.75) is 25.8 Å². The van der Waals surface area contributed by atoms with Gasteiger partial charge in [-0.25, -0.2) is 0 Å². The number of hydrogen-bond acceptors (Lipinski definition) is 4. The van der Waals surface area contributed by atoms with Gasteiger partial charge in [-0.05, 0) is 19.8 Å². The smallest absolute Gasteiger partial charge is 0.306 e. The van der Waals surface area contributed by atoms with Gasteiger partial charge >= 0.3 is 5.97 Å². The van der Waals surface area contributed by atoms with Gasteiger partial charge in [-0.15, -0.1) is 10.2 Å². The standard InChI is InChI=1S/C11H13Cl2N3O2/c1-6-4-7(11(17)18)2-3-16(6)8-5-9(12)14-15-10(8)13/h5-7H,2-4H2,1H3,(H,17,18). The molecule has 2 rings (SSSR count). The Balaban J connectivity index is 2.20. The summed E-state index contributed by atoms with van der Waals surface area (Å²) in [5.41, 5.74) is 0.716. The fourth-order valence-electron chi connectivity index (χ4n) is 2.30. The summed E-state index contributed by atoms with van der Waals surface area (Å²) in [7, 11) is 0. The Morgan fingerprint density at radius 3 is 2.83 bits per heavy atom. The normalized spacial score (nSPS) is 24.1. The maximum atomic E-state index is 11.0. The van der Waals surface area contributed by atoms with Crippen molar-refractivity contribution < 1.29 is 9.90 Å². The van der Waals surface area contributed by atoms with Crippen LogP contribution in [0.1, 0.15) is 19.8 Å². The Morgan fingerprint density at radius 1 is 1.50 bits per heavy atom. The predicted octanol–water partition coefficient (Wildman–Crippen LogP) is 2.47. The van der Waals surface area contributed by atoms with Crippen molar-refractivity contribution in [1.29, 1.82) is 0 Å². The summed E-state index contributed by atoms with van der Waals surface area (Å²) in [6.07, 6.45) is 1.18.